The third-order valence-electron chi connectivity index (χ3n) is 4.41. The maximum Gasteiger partial charge on any atom is 0.00643 e. The van der Waals surface area contributed by atoms with Crippen LogP contribution in [-0.2, 0) is 0 Å². The van der Waals surface area contributed by atoms with Gasteiger partial charge < -0.3 is 10.6 Å². The van der Waals surface area contributed by atoms with Crippen LogP contribution in [0.5, 0.6) is 0 Å². The largest absolute Gasteiger partial charge is 0.330 e. The molecule has 0 aromatic carbocycles. The molecule has 1 fully saturated rings. The molecule has 1 aliphatic rings. The predicted molar refractivity (Wildman–Crippen MR) is 71.5 cm³/mol. The van der Waals surface area contributed by atoms with E-state index in [2.05, 4.69) is 25.7 Å². The molecule has 1 atom stereocenters. The van der Waals surface area contributed by atoms with Crippen LogP contribution in [0.25, 0.3) is 0 Å². The van der Waals surface area contributed by atoms with Gasteiger partial charge in [-0.3, -0.25) is 0 Å². The third kappa shape index (κ3) is 4.06. The summed E-state index contributed by atoms with van der Waals surface area (Å²) in [6.07, 6.45) is 6.79. The summed E-state index contributed by atoms with van der Waals surface area (Å²) in [5, 5.41) is 0. The van der Waals surface area contributed by atoms with Gasteiger partial charge in [0, 0.05) is 12.6 Å². The van der Waals surface area contributed by atoms with Gasteiger partial charge in [-0.05, 0) is 64.0 Å². The minimum Gasteiger partial charge on any atom is -0.330 e. The van der Waals surface area contributed by atoms with Gasteiger partial charge in [0.2, 0.25) is 0 Å². The standard InChI is InChI=1S/C14H30N2/c1-4-12(3)16(5-2)11-14-8-6-13(10-15)7-9-14/h12-14H,4-11,15H2,1-3H3. The zero-order valence-corrected chi connectivity index (χ0v) is 11.4. The van der Waals surface area contributed by atoms with E-state index in [-0.39, 0.29) is 0 Å². The molecule has 1 unspecified atom stereocenters. The second-order valence-electron chi connectivity index (χ2n) is 5.47. The predicted octanol–water partition coefficient (Wildman–Crippen LogP) is 2.87. The molecule has 2 nitrogen and oxygen atoms in total. The topological polar surface area (TPSA) is 29.3 Å². The summed E-state index contributed by atoms with van der Waals surface area (Å²) in [5.41, 5.74) is 5.74. The van der Waals surface area contributed by atoms with Crippen LogP contribution in [0.3, 0.4) is 0 Å². The zero-order chi connectivity index (χ0) is 12.0. The van der Waals surface area contributed by atoms with Crippen molar-refractivity contribution in [2.45, 2.75) is 58.9 Å². The fourth-order valence-electron chi connectivity index (χ4n) is 2.86. The number of hydrogen-bond donors (Lipinski definition) is 1. The summed E-state index contributed by atoms with van der Waals surface area (Å²) in [5.74, 6) is 1.74. The van der Waals surface area contributed by atoms with E-state index in [0.29, 0.717) is 0 Å². The highest BCUT2D eigenvalue weighted by Gasteiger charge is 2.22. The lowest BCUT2D eigenvalue weighted by atomic mass is 9.81. The summed E-state index contributed by atoms with van der Waals surface area (Å²) in [7, 11) is 0. The summed E-state index contributed by atoms with van der Waals surface area (Å²) < 4.78 is 0. The van der Waals surface area contributed by atoms with Crippen LogP contribution in [-0.4, -0.2) is 30.6 Å². The molecule has 0 aliphatic heterocycles. The van der Waals surface area contributed by atoms with Crippen LogP contribution in [0.2, 0.25) is 0 Å². The van der Waals surface area contributed by atoms with E-state index in [4.69, 9.17) is 5.73 Å². The first-order valence-electron chi connectivity index (χ1n) is 7.15. The van der Waals surface area contributed by atoms with Gasteiger partial charge in [0.05, 0.1) is 0 Å². The van der Waals surface area contributed by atoms with Gasteiger partial charge in [0.25, 0.3) is 0 Å². The van der Waals surface area contributed by atoms with Crippen molar-refractivity contribution < 1.29 is 0 Å². The van der Waals surface area contributed by atoms with Crippen molar-refractivity contribution in [1.82, 2.24) is 4.90 Å². The molecule has 1 saturated carbocycles. The average molecular weight is 226 g/mol. The maximum atomic E-state index is 5.74. The summed E-state index contributed by atoms with van der Waals surface area (Å²) >= 11 is 0. The highest BCUT2D eigenvalue weighted by atomic mass is 15.1. The van der Waals surface area contributed by atoms with Crippen molar-refractivity contribution in [3.8, 4) is 0 Å². The Balaban J connectivity index is 2.31. The highest BCUT2D eigenvalue weighted by Crippen LogP contribution is 2.29. The van der Waals surface area contributed by atoms with Gasteiger partial charge in [0.15, 0.2) is 0 Å². The lowest BCUT2D eigenvalue weighted by Crippen LogP contribution is -2.38. The van der Waals surface area contributed by atoms with E-state index in [1.165, 1.54) is 45.2 Å². The maximum absolute atomic E-state index is 5.74. The Kier molecular flexibility index (Phi) is 6.37. The number of nitrogens with two attached hydrogens (primary N) is 1. The average Bonchev–Trinajstić information content (AvgIpc) is 2.35. The van der Waals surface area contributed by atoms with E-state index in [9.17, 15) is 0 Å². The number of rotatable bonds is 6. The molecule has 0 aromatic heterocycles. The molecule has 1 aliphatic carbocycles. The summed E-state index contributed by atoms with van der Waals surface area (Å²) in [4.78, 5) is 2.65. The minimum absolute atomic E-state index is 0.747. The fraction of sp³-hybridized carbons (Fsp3) is 1.00. The molecule has 0 amide bonds. The fourth-order valence-corrected chi connectivity index (χ4v) is 2.86. The first kappa shape index (κ1) is 14.0. The molecule has 1 rings (SSSR count). The lowest BCUT2D eigenvalue weighted by Gasteiger charge is -2.34. The first-order valence-corrected chi connectivity index (χ1v) is 7.15. The van der Waals surface area contributed by atoms with Gasteiger partial charge >= 0.3 is 0 Å². The second-order valence-corrected chi connectivity index (χ2v) is 5.47. The molecule has 0 radical (unpaired) electrons. The van der Waals surface area contributed by atoms with E-state index < -0.39 is 0 Å². The Morgan fingerprint density at radius 2 is 1.69 bits per heavy atom. The Morgan fingerprint density at radius 3 is 2.12 bits per heavy atom. The molecule has 2 heteroatoms. The van der Waals surface area contributed by atoms with Gasteiger partial charge in [-0.25, -0.2) is 0 Å². The van der Waals surface area contributed by atoms with Crippen LogP contribution in [0.1, 0.15) is 52.9 Å². The minimum atomic E-state index is 0.747. The summed E-state index contributed by atoms with van der Waals surface area (Å²) in [6.45, 7) is 10.3. The molecule has 0 spiro atoms. The molecule has 0 saturated heterocycles. The van der Waals surface area contributed by atoms with Gasteiger partial charge in [-0.1, -0.05) is 13.8 Å². The summed E-state index contributed by atoms with van der Waals surface area (Å²) in [6, 6.07) is 0.747. The molecule has 96 valence electrons. The molecule has 0 heterocycles. The number of hydrogen-bond acceptors (Lipinski definition) is 2. The van der Waals surface area contributed by atoms with E-state index in [0.717, 1.165) is 24.4 Å². The van der Waals surface area contributed by atoms with E-state index >= 15 is 0 Å². The van der Waals surface area contributed by atoms with Gasteiger partial charge in [-0.2, -0.15) is 0 Å². The molecule has 0 aromatic rings. The molecule has 16 heavy (non-hydrogen) atoms. The SMILES string of the molecule is CCC(C)N(CC)CC1CCC(CN)CC1. The van der Waals surface area contributed by atoms with E-state index in [1.807, 2.05) is 0 Å². The quantitative estimate of drug-likeness (QED) is 0.754. The normalized spacial score (nSPS) is 28.3. The van der Waals surface area contributed by atoms with Gasteiger partial charge in [0.1, 0.15) is 0 Å². The van der Waals surface area contributed by atoms with Crippen molar-refractivity contribution >= 4 is 0 Å². The number of nitrogens with zero attached hydrogens (tertiary/aromatic N) is 1. The third-order valence-corrected chi connectivity index (χ3v) is 4.41. The Morgan fingerprint density at radius 1 is 1.12 bits per heavy atom. The van der Waals surface area contributed by atoms with E-state index in [1.54, 1.807) is 0 Å². The first-order chi connectivity index (χ1) is 7.71. The van der Waals surface area contributed by atoms with Crippen LogP contribution < -0.4 is 5.73 Å². The van der Waals surface area contributed by atoms with Gasteiger partial charge in [-0.15, -0.1) is 0 Å². The Labute approximate surface area is 102 Å². The molecular formula is C14H30N2. The molecule has 2 N–H and O–H groups in total. The lowest BCUT2D eigenvalue weighted by molar-refractivity contribution is 0.149. The highest BCUT2D eigenvalue weighted by molar-refractivity contribution is 4.77. The molecule has 0 bridgehead atoms. The van der Waals surface area contributed by atoms with Crippen molar-refractivity contribution in [3.63, 3.8) is 0 Å². The Bertz CT molecular complexity index is 174. The van der Waals surface area contributed by atoms with Crippen LogP contribution in [0, 0.1) is 11.8 Å². The van der Waals surface area contributed by atoms with Crippen molar-refractivity contribution in [3.05, 3.63) is 0 Å². The van der Waals surface area contributed by atoms with Crippen molar-refractivity contribution in [1.29, 1.82) is 0 Å². The zero-order valence-electron chi connectivity index (χ0n) is 11.4. The van der Waals surface area contributed by atoms with Crippen LogP contribution in [0.15, 0.2) is 0 Å². The second kappa shape index (κ2) is 7.29. The smallest absolute Gasteiger partial charge is 0.00643 e. The van der Waals surface area contributed by atoms with Crippen molar-refractivity contribution in [2.75, 3.05) is 19.6 Å². The molecular weight excluding hydrogens is 196 g/mol. The monoisotopic (exact) mass is 226 g/mol. The Hall–Kier alpha value is -0.0800. The van der Waals surface area contributed by atoms with Crippen LogP contribution in [0.4, 0.5) is 0 Å². The van der Waals surface area contributed by atoms with Crippen LogP contribution >= 0.6 is 0 Å². The van der Waals surface area contributed by atoms with Crippen molar-refractivity contribution in [2.24, 2.45) is 17.6 Å².